The molecule has 5 N–H and O–H groups in total. The maximum Gasteiger partial charge on any atom is 0.410 e. The Labute approximate surface area is 286 Å². The highest BCUT2D eigenvalue weighted by Crippen LogP contribution is 2.28. The zero-order valence-electron chi connectivity index (χ0n) is 28.6. The van der Waals surface area contributed by atoms with E-state index in [0.29, 0.717) is 83.6 Å². The summed E-state index contributed by atoms with van der Waals surface area (Å²) in [6.07, 6.45) is 3.31. The Morgan fingerprint density at radius 1 is 1.06 bits per heavy atom. The molecule has 0 unspecified atom stereocenters. The molecule has 0 atom stereocenters. The van der Waals surface area contributed by atoms with Crippen molar-refractivity contribution in [2.75, 3.05) is 45.9 Å². The summed E-state index contributed by atoms with van der Waals surface area (Å²) in [7, 11) is 0. The number of likely N-dealkylation sites (tertiary alicyclic amines) is 1. The highest BCUT2D eigenvalue weighted by Gasteiger charge is 2.31. The Morgan fingerprint density at radius 2 is 1.75 bits per heavy atom. The molecule has 1 aliphatic rings. The smallest absolute Gasteiger partial charge is 0.410 e. The Morgan fingerprint density at radius 3 is 2.40 bits per heavy atom. The fourth-order valence-corrected chi connectivity index (χ4v) is 6.15. The number of benzene rings is 2. The molecule has 1 aliphatic heterocycles. The minimum atomic E-state index is -0.549. The highest BCUT2D eigenvalue weighted by molar-refractivity contribution is 7.16. The van der Waals surface area contributed by atoms with E-state index in [1.165, 1.54) is 5.56 Å². The van der Waals surface area contributed by atoms with Crippen LogP contribution in [0.3, 0.4) is 0 Å². The summed E-state index contributed by atoms with van der Waals surface area (Å²) in [5.41, 5.74) is 6.77. The minimum Gasteiger partial charge on any atom is -0.506 e. The highest BCUT2D eigenvalue weighted by atomic mass is 32.1. The quantitative estimate of drug-likeness (QED) is 0.183. The molecular formula is C35H51N5O7S. The second-order valence-electron chi connectivity index (χ2n) is 12.7. The predicted octanol–water partition coefficient (Wildman–Crippen LogP) is 4.19. The molecule has 2 aromatic carbocycles. The van der Waals surface area contributed by atoms with E-state index in [2.05, 4.69) is 28.2 Å². The van der Waals surface area contributed by atoms with Crippen LogP contribution in [0.2, 0.25) is 0 Å². The average Bonchev–Trinajstić information content (AvgIpc) is 3.46. The maximum absolute atomic E-state index is 13.4. The van der Waals surface area contributed by atoms with Crippen molar-refractivity contribution < 1.29 is 29.0 Å². The topological polar surface area (TPSA) is 167 Å². The number of ether oxygens (including phenoxy) is 2. The summed E-state index contributed by atoms with van der Waals surface area (Å²) >= 11 is 1.10. The summed E-state index contributed by atoms with van der Waals surface area (Å²) in [5.74, 6) is -0.124. The molecule has 48 heavy (non-hydrogen) atoms. The van der Waals surface area contributed by atoms with E-state index < -0.39 is 5.60 Å². The van der Waals surface area contributed by atoms with Gasteiger partial charge in [0.2, 0.25) is 11.8 Å². The second-order valence-corrected chi connectivity index (χ2v) is 13.6. The zero-order chi connectivity index (χ0) is 35.1. The van der Waals surface area contributed by atoms with Gasteiger partial charge < -0.3 is 40.4 Å². The lowest BCUT2D eigenvalue weighted by molar-refractivity contribution is -0.135. The molecular weight excluding hydrogens is 634 g/mol. The molecule has 0 bridgehead atoms. The monoisotopic (exact) mass is 685 g/mol. The number of phenolic OH excluding ortho intramolecular Hbond substituents is 1. The molecule has 4 rings (SSSR count). The van der Waals surface area contributed by atoms with Crippen molar-refractivity contribution in [2.24, 2.45) is 5.73 Å². The van der Waals surface area contributed by atoms with E-state index in [4.69, 9.17) is 9.47 Å². The number of rotatable bonds is 14. The van der Waals surface area contributed by atoms with Crippen LogP contribution >= 0.6 is 11.3 Å². The third-order valence-corrected chi connectivity index (χ3v) is 8.76. The van der Waals surface area contributed by atoms with Crippen LogP contribution in [0, 0.1) is 0 Å². The van der Waals surface area contributed by atoms with Gasteiger partial charge in [-0.05, 0) is 70.2 Å². The van der Waals surface area contributed by atoms with E-state index in [1.54, 1.807) is 17.9 Å². The first-order chi connectivity index (χ1) is 22.9. The first kappa shape index (κ1) is 38.5. The number of aromatic hydroxyl groups is 1. The van der Waals surface area contributed by atoms with Gasteiger partial charge in [-0.3, -0.25) is 14.4 Å². The Kier molecular flexibility index (Phi) is 15.4. The van der Waals surface area contributed by atoms with E-state index in [9.17, 15) is 24.3 Å². The van der Waals surface area contributed by atoms with Gasteiger partial charge in [-0.25, -0.2) is 4.79 Å². The van der Waals surface area contributed by atoms with Gasteiger partial charge in [-0.2, -0.15) is 0 Å². The number of fused-ring (bicyclic) bond motifs is 1. The molecule has 264 valence electrons. The number of hydrogen-bond acceptors (Lipinski definition) is 9. The van der Waals surface area contributed by atoms with E-state index in [1.807, 2.05) is 49.9 Å². The van der Waals surface area contributed by atoms with Crippen LogP contribution in [0.25, 0.3) is 10.2 Å². The van der Waals surface area contributed by atoms with Gasteiger partial charge in [-0.15, -0.1) is 0 Å². The average molecular weight is 686 g/mol. The zero-order valence-corrected chi connectivity index (χ0v) is 29.4. The number of nitrogens with zero attached hydrogens (tertiary/aromatic N) is 2. The van der Waals surface area contributed by atoms with Crippen LogP contribution in [0.1, 0.15) is 64.5 Å². The number of hydrogen-bond donors (Lipinski definition) is 4. The van der Waals surface area contributed by atoms with Crippen molar-refractivity contribution >= 4 is 39.5 Å². The number of nitrogens with one attached hydrogen (secondary N) is 2. The SMILES string of the molecule is CC(C)(C)OC(=O)N1CCC(N(CCNCCc2ccc(O)c3[nH]c(=O)sc23)C(=O)CCOCCc2ccccc2)CC1.CCC(N)=O. The third kappa shape index (κ3) is 12.9. The summed E-state index contributed by atoms with van der Waals surface area (Å²) in [4.78, 5) is 53.5. The minimum absolute atomic E-state index is 0.0335. The van der Waals surface area contributed by atoms with Crippen LogP contribution in [0.5, 0.6) is 5.75 Å². The first-order valence-electron chi connectivity index (χ1n) is 16.6. The number of aromatic nitrogens is 1. The molecule has 1 aromatic heterocycles. The number of H-pyrrole nitrogens is 1. The number of carbonyl (C=O) groups excluding carboxylic acids is 3. The molecule has 1 fully saturated rings. The van der Waals surface area contributed by atoms with E-state index >= 15 is 0 Å². The van der Waals surface area contributed by atoms with Crippen molar-refractivity contribution in [3.05, 3.63) is 63.3 Å². The first-order valence-corrected chi connectivity index (χ1v) is 17.4. The van der Waals surface area contributed by atoms with Crippen molar-refractivity contribution in [2.45, 2.75) is 77.9 Å². The third-order valence-electron chi connectivity index (χ3n) is 7.80. The molecule has 12 nitrogen and oxygen atoms in total. The normalized spacial score (nSPS) is 13.5. The molecule has 0 aliphatic carbocycles. The van der Waals surface area contributed by atoms with Gasteiger partial charge in [0.1, 0.15) is 16.9 Å². The van der Waals surface area contributed by atoms with Crippen LogP contribution in [-0.2, 0) is 31.9 Å². The van der Waals surface area contributed by atoms with Crippen molar-refractivity contribution in [3.8, 4) is 5.75 Å². The lowest BCUT2D eigenvalue weighted by Gasteiger charge is -2.39. The lowest BCUT2D eigenvalue weighted by atomic mass is 10.0. The molecule has 0 spiro atoms. The van der Waals surface area contributed by atoms with Gasteiger partial charge in [0.15, 0.2) is 0 Å². The molecule has 1 saturated heterocycles. The van der Waals surface area contributed by atoms with Gasteiger partial charge in [0.05, 0.1) is 24.3 Å². The Hall–Kier alpha value is -3.94. The fraction of sp³-hybridized carbons (Fsp3) is 0.543. The molecule has 3 aromatic rings. The molecule has 0 radical (unpaired) electrons. The number of amides is 3. The van der Waals surface area contributed by atoms with Crippen molar-refractivity contribution in [3.63, 3.8) is 0 Å². The lowest BCUT2D eigenvalue weighted by Crippen LogP contribution is -2.51. The van der Waals surface area contributed by atoms with Crippen LogP contribution in [0.15, 0.2) is 47.3 Å². The molecule has 0 saturated carbocycles. The fourth-order valence-electron chi connectivity index (χ4n) is 5.25. The number of thiazole rings is 1. The van der Waals surface area contributed by atoms with Gasteiger partial charge in [0, 0.05) is 38.6 Å². The number of piperidine rings is 1. The predicted molar refractivity (Wildman–Crippen MR) is 188 cm³/mol. The standard InChI is InChI=1S/C32H44N4O6S.C3H7NO/c1-32(2,3)42-31(40)35-18-12-25(13-19-35)36(27(38)15-22-41-21-14-23-7-5-4-6-8-23)20-17-33-16-11-24-9-10-26(37)28-29(24)43-30(39)34-28;1-2-3(4)5/h4-10,25,33,37H,11-22H2,1-3H3,(H,34,39);2H2,1H3,(H2,4,5). The summed E-state index contributed by atoms with van der Waals surface area (Å²) in [6, 6.07) is 13.6. The van der Waals surface area contributed by atoms with Gasteiger partial charge in [-0.1, -0.05) is 54.7 Å². The maximum atomic E-state index is 13.4. The number of primary amides is 1. The Bertz CT molecular complexity index is 1510. The number of aromatic amines is 1. The van der Waals surface area contributed by atoms with Gasteiger partial charge >= 0.3 is 11.0 Å². The van der Waals surface area contributed by atoms with Gasteiger partial charge in [0.25, 0.3) is 0 Å². The van der Waals surface area contributed by atoms with Crippen molar-refractivity contribution in [1.29, 1.82) is 0 Å². The second kappa shape index (κ2) is 19.2. The summed E-state index contributed by atoms with van der Waals surface area (Å²) in [5, 5.41) is 13.5. The number of phenols is 1. The largest absolute Gasteiger partial charge is 0.506 e. The van der Waals surface area contributed by atoms with Crippen molar-refractivity contribution in [1.82, 2.24) is 20.1 Å². The van der Waals surface area contributed by atoms with Crippen LogP contribution in [0.4, 0.5) is 4.79 Å². The summed E-state index contributed by atoms with van der Waals surface area (Å²) in [6.45, 7) is 11.1. The molecule has 13 heteroatoms. The van der Waals surface area contributed by atoms with Crippen LogP contribution in [-0.4, -0.2) is 95.4 Å². The summed E-state index contributed by atoms with van der Waals surface area (Å²) < 4.78 is 12.1. The van der Waals surface area contributed by atoms with E-state index in [-0.39, 0.29) is 34.6 Å². The van der Waals surface area contributed by atoms with E-state index in [0.717, 1.165) is 28.0 Å². The molecule has 3 amide bonds. The molecule has 2 heterocycles. The van der Waals surface area contributed by atoms with Crippen LogP contribution < -0.4 is 15.9 Å². The Balaban J connectivity index is 0.00000116. The number of carbonyl (C=O) groups is 3. The number of nitrogens with two attached hydrogens (primary N) is 1.